The molecule has 1 aliphatic rings. The SMILES string of the molecule is COCC1(CNC(=O)c2ccc(-n3nc(C)c(Cl)c3C)cc2)CCNCC1. The number of nitrogens with one attached hydrogen (secondary N) is 2. The number of carbonyl (C=O) groups excluding carboxylic acids is 1. The summed E-state index contributed by atoms with van der Waals surface area (Å²) in [7, 11) is 1.72. The summed E-state index contributed by atoms with van der Waals surface area (Å²) in [6.45, 7) is 7.00. The maximum absolute atomic E-state index is 12.6. The number of benzene rings is 1. The van der Waals surface area contributed by atoms with E-state index in [1.165, 1.54) is 0 Å². The summed E-state index contributed by atoms with van der Waals surface area (Å²) in [5, 5.41) is 11.6. The number of carbonyl (C=O) groups is 1. The zero-order valence-corrected chi connectivity index (χ0v) is 16.9. The molecule has 146 valence electrons. The largest absolute Gasteiger partial charge is 0.384 e. The predicted molar refractivity (Wildman–Crippen MR) is 107 cm³/mol. The molecular formula is C20H27ClN4O2. The van der Waals surface area contributed by atoms with E-state index in [0.717, 1.165) is 43.0 Å². The fourth-order valence-corrected chi connectivity index (χ4v) is 3.75. The molecule has 1 aliphatic heterocycles. The molecule has 27 heavy (non-hydrogen) atoms. The van der Waals surface area contributed by atoms with Gasteiger partial charge in [0.1, 0.15) is 0 Å². The number of halogens is 1. The van der Waals surface area contributed by atoms with Crippen molar-refractivity contribution in [2.24, 2.45) is 5.41 Å². The lowest BCUT2D eigenvalue weighted by atomic mass is 9.79. The van der Waals surface area contributed by atoms with E-state index in [2.05, 4.69) is 15.7 Å². The second-order valence-corrected chi connectivity index (χ2v) is 7.69. The average molecular weight is 391 g/mol. The average Bonchev–Trinajstić information content (AvgIpc) is 2.95. The Hall–Kier alpha value is -1.89. The third-order valence-electron chi connectivity index (χ3n) is 5.32. The minimum atomic E-state index is -0.0676. The smallest absolute Gasteiger partial charge is 0.251 e. The van der Waals surface area contributed by atoms with Gasteiger partial charge in [0.05, 0.1) is 28.7 Å². The number of aryl methyl sites for hydroxylation is 1. The molecule has 0 bridgehead atoms. The van der Waals surface area contributed by atoms with Gasteiger partial charge in [-0.05, 0) is 64.0 Å². The zero-order valence-electron chi connectivity index (χ0n) is 16.1. The Labute approximate surface area is 165 Å². The van der Waals surface area contributed by atoms with Crippen LogP contribution in [0.2, 0.25) is 5.02 Å². The number of nitrogens with zero attached hydrogens (tertiary/aromatic N) is 2. The van der Waals surface area contributed by atoms with Gasteiger partial charge < -0.3 is 15.4 Å². The van der Waals surface area contributed by atoms with Gasteiger partial charge >= 0.3 is 0 Å². The summed E-state index contributed by atoms with van der Waals surface area (Å²) in [6.07, 6.45) is 2.00. The van der Waals surface area contributed by atoms with Crippen molar-refractivity contribution >= 4 is 17.5 Å². The lowest BCUT2D eigenvalue weighted by Crippen LogP contribution is -2.47. The predicted octanol–water partition coefficient (Wildman–Crippen LogP) is 2.89. The summed E-state index contributed by atoms with van der Waals surface area (Å²) in [6, 6.07) is 7.42. The molecule has 2 N–H and O–H groups in total. The van der Waals surface area contributed by atoms with Crippen molar-refractivity contribution in [2.75, 3.05) is 33.4 Å². The molecule has 0 spiro atoms. The highest BCUT2D eigenvalue weighted by Gasteiger charge is 2.32. The molecule has 2 aromatic rings. The summed E-state index contributed by atoms with van der Waals surface area (Å²) >= 11 is 6.22. The lowest BCUT2D eigenvalue weighted by molar-refractivity contribution is 0.0512. The number of hydrogen-bond donors (Lipinski definition) is 2. The highest BCUT2D eigenvalue weighted by molar-refractivity contribution is 6.31. The first-order valence-electron chi connectivity index (χ1n) is 9.26. The van der Waals surface area contributed by atoms with Crippen LogP contribution in [0.1, 0.15) is 34.6 Å². The molecule has 1 amide bonds. The Morgan fingerprint density at radius 3 is 2.52 bits per heavy atom. The van der Waals surface area contributed by atoms with Gasteiger partial charge in [-0.15, -0.1) is 0 Å². The van der Waals surface area contributed by atoms with Gasteiger partial charge in [-0.2, -0.15) is 5.10 Å². The van der Waals surface area contributed by atoms with Gasteiger partial charge in [0.15, 0.2) is 0 Å². The molecule has 7 heteroatoms. The molecule has 3 rings (SSSR count). The van der Waals surface area contributed by atoms with Crippen LogP contribution in [0.5, 0.6) is 0 Å². The van der Waals surface area contributed by atoms with Crippen LogP contribution in [0.25, 0.3) is 5.69 Å². The van der Waals surface area contributed by atoms with Crippen molar-refractivity contribution in [2.45, 2.75) is 26.7 Å². The van der Waals surface area contributed by atoms with Gasteiger partial charge in [0.2, 0.25) is 0 Å². The minimum absolute atomic E-state index is 0.00997. The summed E-state index contributed by atoms with van der Waals surface area (Å²) < 4.78 is 7.20. The van der Waals surface area contributed by atoms with Crippen molar-refractivity contribution in [1.29, 1.82) is 0 Å². The number of methoxy groups -OCH3 is 1. The Balaban J connectivity index is 1.67. The van der Waals surface area contributed by atoms with E-state index in [1.54, 1.807) is 11.8 Å². The minimum Gasteiger partial charge on any atom is -0.384 e. The number of hydrogen-bond acceptors (Lipinski definition) is 4. The number of aromatic nitrogens is 2. The van der Waals surface area contributed by atoms with Gasteiger partial charge in [-0.25, -0.2) is 4.68 Å². The van der Waals surface area contributed by atoms with Crippen LogP contribution in [0.3, 0.4) is 0 Å². The molecule has 1 aromatic carbocycles. The van der Waals surface area contributed by atoms with Crippen LogP contribution in [-0.4, -0.2) is 49.0 Å². The molecule has 1 fully saturated rings. The summed E-state index contributed by atoms with van der Waals surface area (Å²) in [5.74, 6) is -0.0676. The van der Waals surface area contributed by atoms with Gasteiger partial charge in [0.25, 0.3) is 5.91 Å². The first kappa shape index (κ1) is 19.9. The van der Waals surface area contributed by atoms with Crippen LogP contribution in [0, 0.1) is 19.3 Å². The third kappa shape index (κ3) is 4.34. The maximum atomic E-state index is 12.6. The van der Waals surface area contributed by atoms with Crippen molar-refractivity contribution in [3.05, 3.63) is 46.2 Å². The second kappa shape index (κ2) is 8.42. The van der Waals surface area contributed by atoms with Crippen molar-refractivity contribution in [1.82, 2.24) is 20.4 Å². The maximum Gasteiger partial charge on any atom is 0.251 e. The van der Waals surface area contributed by atoms with Crippen LogP contribution < -0.4 is 10.6 Å². The second-order valence-electron chi connectivity index (χ2n) is 7.31. The molecule has 0 aliphatic carbocycles. The first-order chi connectivity index (χ1) is 13.0. The van der Waals surface area contributed by atoms with Crippen LogP contribution in [0.4, 0.5) is 0 Å². The summed E-state index contributed by atoms with van der Waals surface area (Å²) in [5.41, 5.74) is 3.21. The highest BCUT2D eigenvalue weighted by atomic mass is 35.5. The molecule has 6 nitrogen and oxygen atoms in total. The standard InChI is InChI=1S/C20H27ClN4O2/c1-14-18(21)15(2)25(24-14)17-6-4-16(5-7-17)19(26)23-12-20(13-27-3)8-10-22-11-9-20/h4-7,22H,8-13H2,1-3H3,(H,23,26). The molecule has 1 saturated heterocycles. The Kier molecular flexibility index (Phi) is 6.19. The van der Waals surface area contributed by atoms with Crippen molar-refractivity contribution in [3.8, 4) is 5.69 Å². The zero-order chi connectivity index (χ0) is 19.4. The van der Waals surface area contributed by atoms with Gasteiger partial charge in [-0.3, -0.25) is 4.79 Å². The number of rotatable bonds is 6. The number of amides is 1. The number of ether oxygens (including phenoxy) is 1. The van der Waals surface area contributed by atoms with Gasteiger partial charge in [-0.1, -0.05) is 11.6 Å². The fourth-order valence-electron chi connectivity index (χ4n) is 3.63. The molecule has 0 saturated carbocycles. The molecule has 0 unspecified atom stereocenters. The normalized spacial score (nSPS) is 16.3. The number of piperidine rings is 1. The van der Waals surface area contributed by atoms with E-state index in [9.17, 15) is 4.79 Å². The van der Waals surface area contributed by atoms with E-state index < -0.39 is 0 Å². The Bertz CT molecular complexity index is 790. The van der Waals surface area contributed by atoms with Crippen LogP contribution >= 0.6 is 11.6 Å². The van der Waals surface area contributed by atoms with E-state index in [4.69, 9.17) is 16.3 Å². The Morgan fingerprint density at radius 1 is 1.30 bits per heavy atom. The van der Waals surface area contributed by atoms with Gasteiger partial charge in [0, 0.05) is 24.6 Å². The fraction of sp³-hybridized carbons (Fsp3) is 0.500. The van der Waals surface area contributed by atoms with Crippen molar-refractivity contribution in [3.63, 3.8) is 0 Å². The monoisotopic (exact) mass is 390 g/mol. The highest BCUT2D eigenvalue weighted by Crippen LogP contribution is 2.28. The van der Waals surface area contributed by atoms with E-state index in [0.29, 0.717) is 23.7 Å². The molecular weight excluding hydrogens is 364 g/mol. The van der Waals surface area contributed by atoms with Crippen LogP contribution in [-0.2, 0) is 4.74 Å². The summed E-state index contributed by atoms with van der Waals surface area (Å²) in [4.78, 5) is 12.6. The molecule has 1 aromatic heterocycles. The van der Waals surface area contributed by atoms with Crippen molar-refractivity contribution < 1.29 is 9.53 Å². The molecule has 0 radical (unpaired) electrons. The van der Waals surface area contributed by atoms with Crippen LogP contribution in [0.15, 0.2) is 24.3 Å². The molecule has 2 heterocycles. The first-order valence-corrected chi connectivity index (χ1v) is 9.64. The Morgan fingerprint density at radius 2 is 1.96 bits per heavy atom. The third-order valence-corrected chi connectivity index (χ3v) is 5.86. The van der Waals surface area contributed by atoms with E-state index >= 15 is 0 Å². The molecule has 0 atom stereocenters. The lowest BCUT2D eigenvalue weighted by Gasteiger charge is -2.37. The van der Waals surface area contributed by atoms with E-state index in [1.807, 2.05) is 38.1 Å². The topological polar surface area (TPSA) is 68.2 Å². The van der Waals surface area contributed by atoms with E-state index in [-0.39, 0.29) is 11.3 Å². The quantitative estimate of drug-likeness (QED) is 0.795.